The third kappa shape index (κ3) is 4.29. The largest absolute Gasteiger partial charge is 0.390 e. The Morgan fingerprint density at radius 3 is 2.83 bits per heavy atom. The molecule has 0 aliphatic heterocycles. The summed E-state index contributed by atoms with van der Waals surface area (Å²) < 4.78 is 1.59. The standard InChI is InChI=1S/C11H19ClN4O2/c1-4-16-7-9(12)10(14-16)11(18)13-5-8(17)6-15(2)3/h7-8,17H,4-6H2,1-3H3,(H,13,18). The normalized spacial score (nSPS) is 12.8. The third-order valence-electron chi connectivity index (χ3n) is 2.33. The van der Waals surface area contributed by atoms with Gasteiger partial charge in [0.2, 0.25) is 0 Å². The van der Waals surface area contributed by atoms with Gasteiger partial charge < -0.3 is 15.3 Å². The van der Waals surface area contributed by atoms with Crippen molar-refractivity contribution in [2.24, 2.45) is 0 Å². The van der Waals surface area contributed by atoms with E-state index in [2.05, 4.69) is 10.4 Å². The second-order valence-corrected chi connectivity index (χ2v) is 4.71. The van der Waals surface area contributed by atoms with Crippen LogP contribution >= 0.6 is 11.6 Å². The molecule has 0 fully saturated rings. The smallest absolute Gasteiger partial charge is 0.273 e. The first kappa shape index (κ1) is 14.9. The number of rotatable bonds is 6. The number of aryl methyl sites for hydroxylation is 1. The van der Waals surface area contributed by atoms with Crippen LogP contribution in [-0.2, 0) is 6.54 Å². The minimum absolute atomic E-state index is 0.173. The van der Waals surface area contributed by atoms with Gasteiger partial charge in [0, 0.05) is 25.8 Å². The van der Waals surface area contributed by atoms with E-state index in [1.807, 2.05) is 25.9 Å². The predicted molar refractivity (Wildman–Crippen MR) is 69.8 cm³/mol. The zero-order valence-electron chi connectivity index (χ0n) is 10.9. The van der Waals surface area contributed by atoms with Gasteiger partial charge in [-0.25, -0.2) is 0 Å². The molecule has 1 aromatic heterocycles. The number of carbonyl (C=O) groups excluding carboxylic acids is 1. The van der Waals surface area contributed by atoms with Crippen LogP contribution in [0.1, 0.15) is 17.4 Å². The molecule has 0 aliphatic rings. The lowest BCUT2D eigenvalue weighted by Gasteiger charge is -2.15. The van der Waals surface area contributed by atoms with Crippen LogP contribution in [0, 0.1) is 0 Å². The number of hydrogen-bond donors (Lipinski definition) is 2. The van der Waals surface area contributed by atoms with Gasteiger partial charge in [-0.1, -0.05) is 11.6 Å². The Labute approximate surface area is 112 Å². The van der Waals surface area contributed by atoms with Gasteiger partial charge in [-0.05, 0) is 21.0 Å². The van der Waals surface area contributed by atoms with Crippen molar-refractivity contribution in [3.8, 4) is 0 Å². The average Bonchev–Trinajstić information content (AvgIpc) is 2.66. The Bertz CT molecular complexity index is 406. The van der Waals surface area contributed by atoms with E-state index in [9.17, 15) is 9.90 Å². The molecule has 0 radical (unpaired) electrons. The van der Waals surface area contributed by atoms with Crippen LogP contribution in [-0.4, -0.2) is 59.0 Å². The van der Waals surface area contributed by atoms with Gasteiger partial charge in [-0.3, -0.25) is 9.48 Å². The molecule has 1 rings (SSSR count). The molecule has 0 saturated heterocycles. The van der Waals surface area contributed by atoms with Crippen molar-refractivity contribution in [1.29, 1.82) is 0 Å². The molecule has 1 atom stereocenters. The Morgan fingerprint density at radius 1 is 1.67 bits per heavy atom. The van der Waals surface area contributed by atoms with Crippen molar-refractivity contribution in [1.82, 2.24) is 20.0 Å². The first-order valence-corrected chi connectivity index (χ1v) is 6.15. The molecule has 0 aromatic carbocycles. The van der Waals surface area contributed by atoms with Gasteiger partial charge in [-0.15, -0.1) is 0 Å². The molecule has 102 valence electrons. The maximum atomic E-state index is 11.8. The van der Waals surface area contributed by atoms with E-state index in [0.29, 0.717) is 18.1 Å². The van der Waals surface area contributed by atoms with Crippen molar-refractivity contribution >= 4 is 17.5 Å². The van der Waals surface area contributed by atoms with Gasteiger partial charge in [0.05, 0.1) is 11.1 Å². The molecule has 1 amide bonds. The van der Waals surface area contributed by atoms with E-state index < -0.39 is 6.10 Å². The Balaban J connectivity index is 2.52. The van der Waals surface area contributed by atoms with E-state index >= 15 is 0 Å². The monoisotopic (exact) mass is 274 g/mol. The van der Waals surface area contributed by atoms with Crippen molar-refractivity contribution in [2.75, 3.05) is 27.2 Å². The molecule has 1 aromatic rings. The van der Waals surface area contributed by atoms with E-state index in [1.165, 1.54) is 0 Å². The summed E-state index contributed by atoms with van der Waals surface area (Å²) in [4.78, 5) is 13.6. The lowest BCUT2D eigenvalue weighted by atomic mass is 10.3. The minimum atomic E-state index is -0.615. The number of nitrogens with one attached hydrogen (secondary N) is 1. The fraction of sp³-hybridized carbons (Fsp3) is 0.636. The molecule has 0 saturated carbocycles. The summed E-state index contributed by atoms with van der Waals surface area (Å²) in [5.41, 5.74) is 0.190. The maximum Gasteiger partial charge on any atom is 0.273 e. The molecule has 1 unspecified atom stereocenters. The molecule has 6 nitrogen and oxygen atoms in total. The first-order valence-electron chi connectivity index (χ1n) is 5.78. The second kappa shape index (κ2) is 6.72. The molecule has 2 N–H and O–H groups in total. The summed E-state index contributed by atoms with van der Waals surface area (Å²) in [7, 11) is 3.70. The van der Waals surface area contributed by atoms with E-state index in [0.717, 1.165) is 0 Å². The van der Waals surface area contributed by atoms with Gasteiger partial charge in [0.15, 0.2) is 5.69 Å². The van der Waals surface area contributed by atoms with Crippen LogP contribution in [0.15, 0.2) is 6.20 Å². The molecule has 0 aliphatic carbocycles. The summed E-state index contributed by atoms with van der Waals surface area (Å²) >= 11 is 5.90. The van der Waals surface area contributed by atoms with Crippen LogP contribution in [0.4, 0.5) is 0 Å². The highest BCUT2D eigenvalue weighted by molar-refractivity contribution is 6.33. The second-order valence-electron chi connectivity index (χ2n) is 4.31. The zero-order chi connectivity index (χ0) is 13.7. The lowest BCUT2D eigenvalue weighted by molar-refractivity contribution is 0.0887. The number of halogens is 1. The van der Waals surface area contributed by atoms with Crippen molar-refractivity contribution in [2.45, 2.75) is 19.6 Å². The highest BCUT2D eigenvalue weighted by Gasteiger charge is 2.16. The molecule has 18 heavy (non-hydrogen) atoms. The number of likely N-dealkylation sites (N-methyl/N-ethyl adjacent to an activating group) is 1. The van der Waals surface area contributed by atoms with Crippen LogP contribution < -0.4 is 5.32 Å². The predicted octanol–water partition coefficient (Wildman–Crippen LogP) is 0.209. The topological polar surface area (TPSA) is 70.4 Å². The SMILES string of the molecule is CCn1cc(Cl)c(C(=O)NCC(O)CN(C)C)n1. The Kier molecular flexibility index (Phi) is 5.58. The number of amides is 1. The number of hydrogen-bond acceptors (Lipinski definition) is 4. The lowest BCUT2D eigenvalue weighted by Crippen LogP contribution is -2.38. The number of carbonyl (C=O) groups is 1. The number of aromatic nitrogens is 2. The van der Waals surface area contributed by atoms with E-state index in [1.54, 1.807) is 10.9 Å². The molecular weight excluding hydrogens is 256 g/mol. The molecule has 1 heterocycles. The minimum Gasteiger partial charge on any atom is -0.390 e. The zero-order valence-corrected chi connectivity index (χ0v) is 11.6. The van der Waals surface area contributed by atoms with E-state index in [4.69, 9.17) is 11.6 Å². The summed E-state index contributed by atoms with van der Waals surface area (Å²) in [6.45, 7) is 3.21. The summed E-state index contributed by atoms with van der Waals surface area (Å²) in [5.74, 6) is -0.370. The Hall–Kier alpha value is -1.11. The number of nitrogens with zero attached hydrogens (tertiary/aromatic N) is 3. The van der Waals surface area contributed by atoms with Gasteiger partial charge in [0.1, 0.15) is 0 Å². The first-order chi connectivity index (χ1) is 8.43. The summed E-state index contributed by atoms with van der Waals surface area (Å²) in [6.07, 6.45) is 0.989. The average molecular weight is 275 g/mol. The van der Waals surface area contributed by atoms with Gasteiger partial charge >= 0.3 is 0 Å². The molecular formula is C11H19ClN4O2. The highest BCUT2D eigenvalue weighted by atomic mass is 35.5. The highest BCUT2D eigenvalue weighted by Crippen LogP contribution is 2.13. The van der Waals surface area contributed by atoms with Crippen molar-refractivity contribution in [3.63, 3.8) is 0 Å². The van der Waals surface area contributed by atoms with E-state index in [-0.39, 0.29) is 18.1 Å². The summed E-state index contributed by atoms with van der Waals surface area (Å²) in [6, 6.07) is 0. The van der Waals surface area contributed by atoms with Crippen LogP contribution in [0.25, 0.3) is 0 Å². The van der Waals surface area contributed by atoms with Crippen molar-refractivity contribution in [3.05, 3.63) is 16.9 Å². The van der Waals surface area contributed by atoms with Crippen molar-refractivity contribution < 1.29 is 9.90 Å². The number of aliphatic hydroxyl groups excluding tert-OH is 1. The fourth-order valence-corrected chi connectivity index (χ4v) is 1.73. The van der Waals surface area contributed by atoms with Crippen LogP contribution in [0.3, 0.4) is 0 Å². The van der Waals surface area contributed by atoms with Crippen LogP contribution in [0.2, 0.25) is 5.02 Å². The van der Waals surface area contributed by atoms with Gasteiger partial charge in [-0.2, -0.15) is 5.10 Å². The maximum absolute atomic E-state index is 11.8. The number of aliphatic hydroxyl groups is 1. The van der Waals surface area contributed by atoms with Gasteiger partial charge in [0.25, 0.3) is 5.91 Å². The third-order valence-corrected chi connectivity index (χ3v) is 2.61. The molecule has 7 heteroatoms. The Morgan fingerprint density at radius 2 is 2.33 bits per heavy atom. The molecule has 0 bridgehead atoms. The quantitative estimate of drug-likeness (QED) is 0.778. The van der Waals surface area contributed by atoms with Crippen LogP contribution in [0.5, 0.6) is 0 Å². The molecule has 0 spiro atoms. The fourth-order valence-electron chi connectivity index (χ4n) is 1.49. The summed E-state index contributed by atoms with van der Waals surface area (Å²) in [5, 5.41) is 16.6.